The normalized spacial score (nSPS) is 15.2. The van der Waals surface area contributed by atoms with Gasteiger partial charge in [-0.25, -0.2) is 9.97 Å². The maximum Gasteiger partial charge on any atom is 0.231 e. The number of hydrazone groups is 1. The summed E-state index contributed by atoms with van der Waals surface area (Å²) in [5.41, 5.74) is 5.24. The summed E-state index contributed by atoms with van der Waals surface area (Å²) in [6, 6.07) is 3.63. The fourth-order valence-corrected chi connectivity index (χ4v) is 4.75. The van der Waals surface area contributed by atoms with E-state index in [4.69, 9.17) is 21.1 Å². The Labute approximate surface area is 152 Å². The fraction of sp³-hybridized carbons (Fsp3) is 0.235. The Morgan fingerprint density at radius 1 is 1.24 bits per heavy atom. The van der Waals surface area contributed by atoms with Crippen LogP contribution in [0.4, 0.5) is 5.82 Å². The Bertz CT molecular complexity index is 1020. The summed E-state index contributed by atoms with van der Waals surface area (Å²) in [6.07, 6.45) is 6.68. The molecule has 1 aliphatic carbocycles. The third-order valence-corrected chi connectivity index (χ3v) is 5.82. The zero-order valence-corrected chi connectivity index (χ0v) is 14.7. The molecule has 0 unspecified atom stereocenters. The van der Waals surface area contributed by atoms with Crippen LogP contribution in [0.2, 0.25) is 5.02 Å². The van der Waals surface area contributed by atoms with E-state index in [-0.39, 0.29) is 6.79 Å². The van der Waals surface area contributed by atoms with Gasteiger partial charge < -0.3 is 9.47 Å². The van der Waals surface area contributed by atoms with Crippen molar-refractivity contribution in [1.82, 2.24) is 9.97 Å². The summed E-state index contributed by atoms with van der Waals surface area (Å²) in [7, 11) is 0. The van der Waals surface area contributed by atoms with E-state index in [2.05, 4.69) is 20.5 Å². The molecule has 5 rings (SSSR count). The molecule has 1 aliphatic heterocycles. The maximum absolute atomic E-state index is 6.19. The number of rotatable bonds is 3. The zero-order valence-electron chi connectivity index (χ0n) is 13.1. The quantitative estimate of drug-likeness (QED) is 0.555. The van der Waals surface area contributed by atoms with Crippen LogP contribution in [-0.2, 0) is 12.8 Å². The summed E-state index contributed by atoms with van der Waals surface area (Å²) < 4.78 is 10.7. The van der Waals surface area contributed by atoms with Crippen molar-refractivity contribution in [3.8, 4) is 11.5 Å². The molecular formula is C17H13ClN4O2S. The highest BCUT2D eigenvalue weighted by Gasteiger charge is 2.21. The number of fused-ring (bicyclic) bond motifs is 4. The van der Waals surface area contributed by atoms with Crippen molar-refractivity contribution in [1.29, 1.82) is 0 Å². The first-order chi connectivity index (χ1) is 12.3. The molecule has 0 amide bonds. The number of hydrogen-bond acceptors (Lipinski definition) is 7. The molecule has 0 spiro atoms. The van der Waals surface area contributed by atoms with Crippen LogP contribution in [0.1, 0.15) is 22.4 Å². The van der Waals surface area contributed by atoms with Crippen molar-refractivity contribution in [2.45, 2.75) is 19.3 Å². The Kier molecular flexibility index (Phi) is 3.50. The predicted molar refractivity (Wildman–Crippen MR) is 98.2 cm³/mol. The van der Waals surface area contributed by atoms with Gasteiger partial charge in [-0.2, -0.15) is 5.10 Å². The molecule has 3 heterocycles. The largest absolute Gasteiger partial charge is 0.454 e. The second-order valence-electron chi connectivity index (χ2n) is 5.87. The molecule has 126 valence electrons. The van der Waals surface area contributed by atoms with Gasteiger partial charge in [-0.15, -0.1) is 11.3 Å². The highest BCUT2D eigenvalue weighted by molar-refractivity contribution is 7.19. The van der Waals surface area contributed by atoms with Gasteiger partial charge in [0.1, 0.15) is 11.2 Å². The summed E-state index contributed by atoms with van der Waals surface area (Å²) in [4.78, 5) is 11.2. The minimum absolute atomic E-state index is 0.191. The van der Waals surface area contributed by atoms with Gasteiger partial charge in [0, 0.05) is 4.88 Å². The van der Waals surface area contributed by atoms with E-state index in [1.807, 2.05) is 6.07 Å². The summed E-state index contributed by atoms with van der Waals surface area (Å²) in [5.74, 6) is 1.96. The van der Waals surface area contributed by atoms with E-state index >= 15 is 0 Å². The number of thiophene rings is 1. The highest BCUT2D eigenvalue weighted by Crippen LogP contribution is 2.40. The Morgan fingerprint density at radius 2 is 2.20 bits per heavy atom. The molecule has 0 saturated carbocycles. The number of aryl methyl sites for hydroxylation is 2. The van der Waals surface area contributed by atoms with Crippen LogP contribution < -0.4 is 14.9 Å². The molecule has 6 nitrogen and oxygen atoms in total. The van der Waals surface area contributed by atoms with Crippen LogP contribution in [0, 0.1) is 0 Å². The van der Waals surface area contributed by atoms with Crippen LogP contribution in [0.15, 0.2) is 23.6 Å². The number of aromatic nitrogens is 2. The number of hydrogen-bond donors (Lipinski definition) is 1. The van der Waals surface area contributed by atoms with Gasteiger partial charge in [0.25, 0.3) is 0 Å². The third-order valence-electron chi connectivity index (χ3n) is 4.33. The Hall–Kier alpha value is -2.38. The van der Waals surface area contributed by atoms with E-state index in [1.54, 1.807) is 29.9 Å². The number of nitrogens with zero attached hydrogens (tertiary/aromatic N) is 3. The van der Waals surface area contributed by atoms with Gasteiger partial charge in [-0.1, -0.05) is 11.6 Å². The zero-order chi connectivity index (χ0) is 16.8. The second kappa shape index (κ2) is 5.86. The second-order valence-corrected chi connectivity index (χ2v) is 7.36. The topological polar surface area (TPSA) is 68.6 Å². The smallest absolute Gasteiger partial charge is 0.231 e. The molecule has 0 saturated heterocycles. The first kappa shape index (κ1) is 14.9. The molecule has 25 heavy (non-hydrogen) atoms. The first-order valence-electron chi connectivity index (χ1n) is 7.93. The highest BCUT2D eigenvalue weighted by atomic mass is 35.5. The molecule has 0 radical (unpaired) electrons. The Balaban J connectivity index is 1.44. The molecule has 1 N–H and O–H groups in total. The lowest BCUT2D eigenvalue weighted by molar-refractivity contribution is 0.174. The van der Waals surface area contributed by atoms with Crippen molar-refractivity contribution in [3.05, 3.63) is 39.5 Å². The standard InChI is InChI=1S/C17H13ClN4O2S/c18-11-4-9(5-12-15(11)24-8-23-12)6-21-22-16-14-10-2-1-3-13(10)25-17(14)20-7-19-16/h4-7H,1-3,8H2,(H,19,20,22)/b21-6-. The van der Waals surface area contributed by atoms with Crippen molar-refractivity contribution in [3.63, 3.8) is 0 Å². The minimum Gasteiger partial charge on any atom is -0.454 e. The van der Waals surface area contributed by atoms with Gasteiger partial charge in [-0.05, 0) is 42.5 Å². The van der Waals surface area contributed by atoms with Gasteiger partial charge in [0.05, 0.1) is 16.6 Å². The average molecular weight is 373 g/mol. The number of halogens is 1. The Morgan fingerprint density at radius 3 is 3.16 bits per heavy atom. The third kappa shape index (κ3) is 2.51. The van der Waals surface area contributed by atoms with E-state index in [1.165, 1.54) is 16.9 Å². The van der Waals surface area contributed by atoms with E-state index in [0.29, 0.717) is 16.5 Å². The maximum atomic E-state index is 6.19. The SMILES string of the molecule is Clc1cc(/C=N\Nc2ncnc3sc4c(c23)CCC4)cc2c1OCO2. The minimum atomic E-state index is 0.191. The van der Waals surface area contributed by atoms with Gasteiger partial charge in [0.15, 0.2) is 17.3 Å². The molecule has 0 bridgehead atoms. The number of ether oxygens (including phenoxy) is 2. The molecule has 1 aromatic carbocycles. The average Bonchev–Trinajstić information content (AvgIpc) is 3.29. The van der Waals surface area contributed by atoms with Crippen LogP contribution >= 0.6 is 22.9 Å². The number of benzene rings is 1. The first-order valence-corrected chi connectivity index (χ1v) is 9.12. The lowest BCUT2D eigenvalue weighted by Gasteiger charge is -2.03. The number of anilines is 1. The lowest BCUT2D eigenvalue weighted by atomic mass is 10.2. The molecule has 0 fully saturated rings. The molecule has 2 aromatic heterocycles. The van der Waals surface area contributed by atoms with Crippen LogP contribution in [0.5, 0.6) is 11.5 Å². The van der Waals surface area contributed by atoms with Crippen molar-refractivity contribution < 1.29 is 9.47 Å². The van der Waals surface area contributed by atoms with E-state index in [9.17, 15) is 0 Å². The molecule has 3 aromatic rings. The predicted octanol–water partition coefficient (Wildman–Crippen LogP) is 4.01. The van der Waals surface area contributed by atoms with Crippen molar-refractivity contribution in [2.24, 2.45) is 5.10 Å². The lowest BCUT2D eigenvalue weighted by Crippen LogP contribution is -1.96. The van der Waals surface area contributed by atoms with E-state index < -0.39 is 0 Å². The van der Waals surface area contributed by atoms with Crippen LogP contribution in [-0.4, -0.2) is 23.0 Å². The molecule has 0 atom stereocenters. The monoisotopic (exact) mass is 372 g/mol. The van der Waals surface area contributed by atoms with Crippen LogP contribution in [0.25, 0.3) is 10.2 Å². The van der Waals surface area contributed by atoms with Gasteiger partial charge in [0.2, 0.25) is 6.79 Å². The summed E-state index contributed by atoms with van der Waals surface area (Å²) >= 11 is 7.95. The number of nitrogens with one attached hydrogen (secondary N) is 1. The summed E-state index contributed by atoms with van der Waals surface area (Å²) in [5, 5.41) is 5.93. The fourth-order valence-electron chi connectivity index (χ4n) is 3.24. The molecular weight excluding hydrogens is 360 g/mol. The summed E-state index contributed by atoms with van der Waals surface area (Å²) in [6.45, 7) is 0.191. The van der Waals surface area contributed by atoms with E-state index in [0.717, 1.165) is 34.4 Å². The van der Waals surface area contributed by atoms with Crippen molar-refractivity contribution >= 4 is 45.2 Å². The molecule has 2 aliphatic rings. The van der Waals surface area contributed by atoms with Crippen molar-refractivity contribution in [2.75, 3.05) is 12.2 Å². The van der Waals surface area contributed by atoms with Gasteiger partial charge in [-0.3, -0.25) is 5.43 Å². The molecule has 8 heteroatoms. The van der Waals surface area contributed by atoms with Crippen LogP contribution in [0.3, 0.4) is 0 Å². The van der Waals surface area contributed by atoms with Gasteiger partial charge >= 0.3 is 0 Å².